The number of nitrogens with one attached hydrogen (secondary N) is 2. The lowest BCUT2D eigenvalue weighted by atomic mass is 9.85. The Bertz CT molecular complexity index is 838. The number of carbonyl (C=O) groups is 3. The lowest BCUT2D eigenvalue weighted by Gasteiger charge is -2.35. The van der Waals surface area contributed by atoms with E-state index in [0.717, 1.165) is 5.56 Å². The molecule has 8 nitrogen and oxygen atoms in total. The van der Waals surface area contributed by atoms with Crippen LogP contribution in [0, 0.1) is 16.7 Å². The van der Waals surface area contributed by atoms with Crippen LogP contribution in [0.15, 0.2) is 24.3 Å². The number of benzene rings is 1. The van der Waals surface area contributed by atoms with Gasteiger partial charge in [0.2, 0.25) is 17.7 Å². The summed E-state index contributed by atoms with van der Waals surface area (Å²) in [5.41, 5.74) is 0.788. The predicted octanol–water partition coefficient (Wildman–Crippen LogP) is 1.25. The summed E-state index contributed by atoms with van der Waals surface area (Å²) in [4.78, 5) is 39.1. The number of likely N-dealkylation sites (tertiary alicyclic amines) is 1. The Kier molecular flexibility index (Phi) is 7.21. The summed E-state index contributed by atoms with van der Waals surface area (Å²) in [6.07, 6.45) is -0.679. The van der Waals surface area contributed by atoms with Gasteiger partial charge in [-0.1, -0.05) is 32.9 Å². The van der Waals surface area contributed by atoms with Gasteiger partial charge in [0.15, 0.2) is 0 Å². The Labute approximate surface area is 177 Å². The predicted molar refractivity (Wildman–Crippen MR) is 111 cm³/mol. The third kappa shape index (κ3) is 5.57. The molecule has 0 radical (unpaired) electrons. The maximum absolute atomic E-state index is 13.2. The van der Waals surface area contributed by atoms with Crippen LogP contribution < -0.4 is 10.6 Å². The third-order valence-corrected chi connectivity index (χ3v) is 5.22. The van der Waals surface area contributed by atoms with E-state index in [1.54, 1.807) is 24.3 Å². The van der Waals surface area contributed by atoms with Crippen LogP contribution in [0.4, 0.5) is 0 Å². The molecule has 4 atom stereocenters. The van der Waals surface area contributed by atoms with Crippen molar-refractivity contribution in [3.63, 3.8) is 0 Å². The average molecular weight is 415 g/mol. The van der Waals surface area contributed by atoms with Crippen LogP contribution in [0.2, 0.25) is 0 Å². The van der Waals surface area contributed by atoms with Gasteiger partial charge >= 0.3 is 0 Å². The van der Waals surface area contributed by atoms with Gasteiger partial charge in [0.05, 0.1) is 23.8 Å². The molecule has 1 fully saturated rings. The molecule has 1 aliphatic rings. The maximum Gasteiger partial charge on any atom is 0.246 e. The number of β-amino-alcohol motifs (C(OH)–C–C–N with tert-alkyl or cyclic N) is 1. The first-order valence-electron chi connectivity index (χ1n) is 10.00. The topological polar surface area (TPSA) is 123 Å². The molecule has 1 heterocycles. The first-order valence-corrected chi connectivity index (χ1v) is 10.00. The Morgan fingerprint density at radius 3 is 2.30 bits per heavy atom. The Morgan fingerprint density at radius 2 is 1.80 bits per heavy atom. The molecule has 162 valence electrons. The number of hydrogen-bond donors (Lipinski definition) is 3. The largest absolute Gasteiger partial charge is 0.391 e. The zero-order chi connectivity index (χ0) is 22.6. The number of rotatable bonds is 5. The molecule has 2 unspecified atom stereocenters. The number of nitrogens with zero attached hydrogens (tertiary/aromatic N) is 2. The number of nitriles is 1. The van der Waals surface area contributed by atoms with Crippen molar-refractivity contribution < 1.29 is 19.5 Å². The van der Waals surface area contributed by atoms with Crippen LogP contribution in [0.1, 0.15) is 58.2 Å². The van der Waals surface area contributed by atoms with Gasteiger partial charge in [0, 0.05) is 19.9 Å². The Balaban J connectivity index is 2.17. The minimum Gasteiger partial charge on any atom is -0.391 e. The van der Waals surface area contributed by atoms with E-state index in [0.29, 0.717) is 5.56 Å². The summed E-state index contributed by atoms with van der Waals surface area (Å²) in [5.74, 6) is -1.09. The molecule has 3 N–H and O–H groups in total. The molecule has 0 aromatic heterocycles. The second-order valence-electron chi connectivity index (χ2n) is 8.86. The highest BCUT2D eigenvalue weighted by Crippen LogP contribution is 2.26. The first-order chi connectivity index (χ1) is 13.9. The van der Waals surface area contributed by atoms with E-state index >= 15 is 0 Å². The normalized spacial score (nSPS) is 20.8. The molecule has 3 amide bonds. The van der Waals surface area contributed by atoms with Crippen molar-refractivity contribution in [2.24, 2.45) is 5.41 Å². The van der Waals surface area contributed by atoms with E-state index in [9.17, 15) is 19.5 Å². The van der Waals surface area contributed by atoms with Gasteiger partial charge in [0.1, 0.15) is 12.1 Å². The van der Waals surface area contributed by atoms with Crippen molar-refractivity contribution >= 4 is 17.7 Å². The fourth-order valence-corrected chi connectivity index (χ4v) is 3.56. The monoisotopic (exact) mass is 414 g/mol. The van der Waals surface area contributed by atoms with Gasteiger partial charge in [-0.25, -0.2) is 0 Å². The molecule has 2 rings (SSSR count). The number of amides is 3. The third-order valence-electron chi connectivity index (χ3n) is 5.22. The van der Waals surface area contributed by atoms with E-state index in [1.165, 1.54) is 11.8 Å². The van der Waals surface area contributed by atoms with Gasteiger partial charge in [-0.05, 0) is 30.0 Å². The molecule has 0 bridgehead atoms. The van der Waals surface area contributed by atoms with Crippen molar-refractivity contribution in [3.8, 4) is 6.07 Å². The summed E-state index contributed by atoms with van der Waals surface area (Å²) >= 11 is 0. The summed E-state index contributed by atoms with van der Waals surface area (Å²) in [6.45, 7) is 8.69. The van der Waals surface area contributed by atoms with Crippen molar-refractivity contribution in [3.05, 3.63) is 35.4 Å². The number of hydrogen-bond acceptors (Lipinski definition) is 5. The van der Waals surface area contributed by atoms with E-state index in [2.05, 4.69) is 10.6 Å². The van der Waals surface area contributed by atoms with Crippen LogP contribution in [0.5, 0.6) is 0 Å². The van der Waals surface area contributed by atoms with Crippen molar-refractivity contribution in [2.45, 2.75) is 65.3 Å². The minimum atomic E-state index is -0.827. The van der Waals surface area contributed by atoms with Gasteiger partial charge in [0.25, 0.3) is 0 Å². The highest BCUT2D eigenvalue weighted by Gasteiger charge is 2.44. The van der Waals surface area contributed by atoms with Crippen molar-refractivity contribution in [1.82, 2.24) is 15.5 Å². The lowest BCUT2D eigenvalue weighted by Crippen LogP contribution is -2.57. The molecule has 0 aliphatic carbocycles. The zero-order valence-electron chi connectivity index (χ0n) is 18.1. The molecule has 1 aromatic rings. The molecular weight excluding hydrogens is 384 g/mol. The summed E-state index contributed by atoms with van der Waals surface area (Å²) in [5, 5.41) is 24.6. The molecule has 1 saturated heterocycles. The highest BCUT2D eigenvalue weighted by molar-refractivity contribution is 5.93. The van der Waals surface area contributed by atoms with Gasteiger partial charge in [-0.2, -0.15) is 5.26 Å². The Hall–Kier alpha value is -2.92. The summed E-state index contributed by atoms with van der Waals surface area (Å²) in [6, 6.07) is 6.95. The second kappa shape index (κ2) is 9.26. The van der Waals surface area contributed by atoms with E-state index in [-0.39, 0.29) is 36.7 Å². The highest BCUT2D eigenvalue weighted by atomic mass is 16.3. The lowest BCUT2D eigenvalue weighted by molar-refractivity contribution is -0.144. The van der Waals surface area contributed by atoms with Crippen LogP contribution in [-0.2, 0) is 14.4 Å². The number of aliphatic hydroxyl groups is 1. The average Bonchev–Trinajstić information content (AvgIpc) is 3.06. The maximum atomic E-state index is 13.2. The zero-order valence-corrected chi connectivity index (χ0v) is 18.1. The molecule has 30 heavy (non-hydrogen) atoms. The fraction of sp³-hybridized carbons (Fsp3) is 0.545. The van der Waals surface area contributed by atoms with Crippen molar-refractivity contribution in [1.29, 1.82) is 5.26 Å². The smallest absolute Gasteiger partial charge is 0.246 e. The van der Waals surface area contributed by atoms with Crippen LogP contribution in [0.25, 0.3) is 0 Å². The SMILES string of the molecule is CC(=O)N[C@H](C(=O)N1CC(O)CC1C(=O)N[C@@H](C)c1ccc(C#N)cc1)C(C)(C)C. The van der Waals surface area contributed by atoms with Crippen LogP contribution in [-0.4, -0.2) is 52.5 Å². The van der Waals surface area contributed by atoms with Crippen LogP contribution in [0.3, 0.4) is 0 Å². The molecular formula is C22H30N4O4. The molecule has 1 aliphatic heterocycles. The van der Waals surface area contributed by atoms with E-state index in [1.807, 2.05) is 33.8 Å². The molecule has 8 heteroatoms. The molecule has 0 spiro atoms. The van der Waals surface area contributed by atoms with Gasteiger partial charge in [-0.3, -0.25) is 14.4 Å². The number of aliphatic hydroxyl groups excluding tert-OH is 1. The summed E-state index contributed by atoms with van der Waals surface area (Å²) < 4.78 is 0. The molecule has 1 aromatic carbocycles. The standard InChI is InChI=1S/C22H30N4O4/c1-13(16-8-6-15(11-23)7-9-16)24-20(29)18-10-17(28)12-26(18)21(30)19(22(3,4)5)25-14(2)27/h6-9,13,17-19,28H,10,12H2,1-5H3,(H,24,29)(H,25,27)/t13-,17?,18?,19+/m0/s1. The van der Waals surface area contributed by atoms with E-state index < -0.39 is 23.6 Å². The quantitative estimate of drug-likeness (QED) is 0.669. The fourth-order valence-electron chi connectivity index (χ4n) is 3.56. The van der Waals surface area contributed by atoms with Crippen LogP contribution >= 0.6 is 0 Å². The minimum absolute atomic E-state index is 0.0360. The first kappa shape index (κ1) is 23.4. The second-order valence-corrected chi connectivity index (χ2v) is 8.86. The van der Waals surface area contributed by atoms with E-state index in [4.69, 9.17) is 5.26 Å². The van der Waals surface area contributed by atoms with Crippen molar-refractivity contribution in [2.75, 3.05) is 6.54 Å². The molecule has 0 saturated carbocycles. The van der Waals surface area contributed by atoms with Gasteiger partial charge < -0.3 is 20.6 Å². The summed E-state index contributed by atoms with van der Waals surface area (Å²) in [7, 11) is 0. The number of carbonyl (C=O) groups excluding carboxylic acids is 3. The Morgan fingerprint density at radius 1 is 1.20 bits per heavy atom. The van der Waals surface area contributed by atoms with Gasteiger partial charge in [-0.15, -0.1) is 0 Å².